The van der Waals surface area contributed by atoms with Gasteiger partial charge in [0, 0.05) is 30.0 Å². The predicted molar refractivity (Wildman–Crippen MR) is 119 cm³/mol. The number of fused-ring (bicyclic) bond motifs is 1. The fourth-order valence-electron chi connectivity index (χ4n) is 3.86. The second kappa shape index (κ2) is 10.9. The van der Waals surface area contributed by atoms with Gasteiger partial charge in [-0.25, -0.2) is 4.98 Å². The maximum atomic E-state index is 12.7. The van der Waals surface area contributed by atoms with E-state index in [-0.39, 0.29) is 31.1 Å². The van der Waals surface area contributed by atoms with E-state index in [4.69, 9.17) is 5.26 Å². The van der Waals surface area contributed by atoms with E-state index in [2.05, 4.69) is 23.3 Å². The molecule has 1 atom stereocenters. The van der Waals surface area contributed by atoms with Crippen molar-refractivity contribution in [2.75, 3.05) is 16.8 Å². The van der Waals surface area contributed by atoms with Crippen molar-refractivity contribution in [3.8, 4) is 6.07 Å². The Morgan fingerprint density at radius 3 is 2.83 bits per heavy atom. The third-order valence-electron chi connectivity index (χ3n) is 5.37. The summed E-state index contributed by atoms with van der Waals surface area (Å²) in [4.78, 5) is 32.5. The predicted octanol–water partition coefficient (Wildman–Crippen LogP) is 4.71. The van der Waals surface area contributed by atoms with Crippen LogP contribution in [0.5, 0.6) is 0 Å². The molecule has 1 aliphatic carbocycles. The lowest BCUT2D eigenvalue weighted by molar-refractivity contribution is -0.122. The number of hydrogen-bond acceptors (Lipinski definition) is 5. The van der Waals surface area contributed by atoms with Crippen molar-refractivity contribution in [2.45, 2.75) is 58.3 Å². The van der Waals surface area contributed by atoms with Crippen LogP contribution >= 0.6 is 11.3 Å². The first-order valence-corrected chi connectivity index (χ1v) is 11.4. The third-order valence-corrected chi connectivity index (χ3v) is 6.40. The molecular weight excluding hydrogens is 396 g/mol. The van der Waals surface area contributed by atoms with E-state index in [0.29, 0.717) is 11.7 Å². The molecule has 1 N–H and O–H groups in total. The Morgan fingerprint density at radius 1 is 1.30 bits per heavy atom. The highest BCUT2D eigenvalue weighted by Crippen LogP contribution is 2.34. The average Bonchev–Trinajstić information content (AvgIpc) is 3.15. The first-order chi connectivity index (χ1) is 14.6. The fraction of sp³-hybridized carbons (Fsp3) is 0.478. The first-order valence-electron chi connectivity index (χ1n) is 10.6. The second-order valence-electron chi connectivity index (χ2n) is 7.62. The second-order valence-corrected chi connectivity index (χ2v) is 8.71. The molecule has 0 radical (unpaired) electrons. The number of aromatic nitrogens is 1. The third kappa shape index (κ3) is 5.90. The van der Waals surface area contributed by atoms with Gasteiger partial charge in [-0.05, 0) is 37.3 Å². The SMILES string of the molecule is CCCC1CCc2nc(NC(=O)CCC(=O)N(CCC#N)c3ccccc3)sc2C1. The van der Waals surface area contributed by atoms with Crippen molar-refractivity contribution >= 4 is 34.0 Å². The van der Waals surface area contributed by atoms with E-state index >= 15 is 0 Å². The number of carbonyl (C=O) groups is 2. The Bertz CT molecular complexity index is 904. The molecule has 1 aromatic heterocycles. The number of rotatable bonds is 9. The summed E-state index contributed by atoms with van der Waals surface area (Å²) in [6.07, 6.45) is 6.08. The van der Waals surface area contributed by atoms with E-state index in [1.165, 1.54) is 24.1 Å². The molecule has 0 fully saturated rings. The summed E-state index contributed by atoms with van der Waals surface area (Å²) in [7, 11) is 0. The zero-order valence-electron chi connectivity index (χ0n) is 17.4. The van der Waals surface area contributed by atoms with Gasteiger partial charge in [0.25, 0.3) is 0 Å². The smallest absolute Gasteiger partial charge is 0.227 e. The molecule has 2 amide bonds. The minimum absolute atomic E-state index is 0.0931. The van der Waals surface area contributed by atoms with Crippen LogP contribution in [0, 0.1) is 17.2 Å². The summed E-state index contributed by atoms with van der Waals surface area (Å²) in [5.41, 5.74) is 1.86. The molecule has 0 spiro atoms. The van der Waals surface area contributed by atoms with Crippen LogP contribution in [0.25, 0.3) is 0 Å². The number of para-hydroxylation sites is 1. The molecule has 0 saturated carbocycles. The lowest BCUT2D eigenvalue weighted by atomic mass is 9.88. The standard InChI is InChI=1S/C23H28N4O2S/c1-2-7-17-10-11-19-20(16-17)30-23(25-19)26-21(28)12-13-22(29)27(15-6-14-24)18-8-4-3-5-9-18/h3-5,8-9,17H,2,6-7,10-13,15-16H2,1H3,(H,25,26,28). The summed E-state index contributed by atoms with van der Waals surface area (Å²) in [6.45, 7) is 2.54. The normalized spacial score (nSPS) is 15.1. The summed E-state index contributed by atoms with van der Waals surface area (Å²) in [5, 5.41) is 12.4. The van der Waals surface area contributed by atoms with Crippen LogP contribution in [-0.4, -0.2) is 23.3 Å². The molecule has 30 heavy (non-hydrogen) atoms. The number of carbonyl (C=O) groups excluding carboxylic acids is 2. The van der Waals surface area contributed by atoms with Gasteiger partial charge in [0.15, 0.2) is 5.13 Å². The van der Waals surface area contributed by atoms with Crippen LogP contribution in [0.4, 0.5) is 10.8 Å². The minimum atomic E-state index is -0.201. The molecule has 6 nitrogen and oxygen atoms in total. The van der Waals surface area contributed by atoms with Crippen molar-refractivity contribution in [1.82, 2.24) is 4.98 Å². The van der Waals surface area contributed by atoms with Crippen molar-refractivity contribution < 1.29 is 9.59 Å². The van der Waals surface area contributed by atoms with Gasteiger partial charge < -0.3 is 10.2 Å². The Hall–Kier alpha value is -2.72. The van der Waals surface area contributed by atoms with Gasteiger partial charge in [-0.2, -0.15) is 5.26 Å². The van der Waals surface area contributed by atoms with Crippen molar-refractivity contribution in [2.24, 2.45) is 5.92 Å². The van der Waals surface area contributed by atoms with Gasteiger partial charge in [-0.15, -0.1) is 11.3 Å². The average molecular weight is 425 g/mol. The van der Waals surface area contributed by atoms with E-state index in [9.17, 15) is 9.59 Å². The molecule has 7 heteroatoms. The van der Waals surface area contributed by atoms with Crippen molar-refractivity contribution in [1.29, 1.82) is 5.26 Å². The zero-order chi connectivity index (χ0) is 21.3. The van der Waals surface area contributed by atoms with E-state index in [0.717, 1.165) is 30.1 Å². The molecule has 1 heterocycles. The molecule has 0 bridgehead atoms. The fourth-order valence-corrected chi connectivity index (χ4v) is 4.99. The molecule has 158 valence electrons. The van der Waals surface area contributed by atoms with Gasteiger partial charge in [-0.3, -0.25) is 9.59 Å². The molecule has 0 aliphatic heterocycles. The Morgan fingerprint density at radius 2 is 2.10 bits per heavy atom. The number of nitrogens with one attached hydrogen (secondary N) is 1. The number of thiazole rings is 1. The maximum Gasteiger partial charge on any atom is 0.227 e. The number of benzene rings is 1. The molecule has 0 saturated heterocycles. The molecule has 1 aromatic carbocycles. The summed E-state index contributed by atoms with van der Waals surface area (Å²) >= 11 is 1.57. The Balaban J connectivity index is 1.54. The lowest BCUT2D eigenvalue weighted by Crippen LogP contribution is -2.32. The van der Waals surface area contributed by atoms with E-state index in [1.807, 2.05) is 30.3 Å². The lowest BCUT2D eigenvalue weighted by Gasteiger charge is -2.21. The molecule has 3 rings (SSSR count). The number of aryl methyl sites for hydroxylation is 1. The number of anilines is 2. The Labute approximate surface area is 181 Å². The molecular formula is C23H28N4O2S. The van der Waals surface area contributed by atoms with Crippen LogP contribution in [0.3, 0.4) is 0 Å². The van der Waals surface area contributed by atoms with Gasteiger partial charge in [-0.1, -0.05) is 38.0 Å². The zero-order valence-corrected chi connectivity index (χ0v) is 18.2. The molecule has 1 aliphatic rings. The van der Waals surface area contributed by atoms with Gasteiger partial charge in [0.2, 0.25) is 11.8 Å². The number of nitriles is 1. The highest BCUT2D eigenvalue weighted by Gasteiger charge is 2.23. The highest BCUT2D eigenvalue weighted by atomic mass is 32.1. The van der Waals surface area contributed by atoms with Crippen LogP contribution < -0.4 is 10.2 Å². The highest BCUT2D eigenvalue weighted by molar-refractivity contribution is 7.15. The quantitative estimate of drug-likeness (QED) is 0.631. The number of amides is 2. The monoisotopic (exact) mass is 424 g/mol. The minimum Gasteiger partial charge on any atom is -0.311 e. The summed E-state index contributed by atoms with van der Waals surface area (Å²) in [5.74, 6) is 0.363. The molecule has 1 unspecified atom stereocenters. The number of hydrogen-bond donors (Lipinski definition) is 1. The molecule has 2 aromatic rings. The van der Waals surface area contributed by atoms with Crippen LogP contribution in [0.2, 0.25) is 0 Å². The maximum absolute atomic E-state index is 12.7. The topological polar surface area (TPSA) is 86.1 Å². The number of nitrogens with zero attached hydrogens (tertiary/aromatic N) is 3. The van der Waals surface area contributed by atoms with Crippen molar-refractivity contribution in [3.05, 3.63) is 40.9 Å². The van der Waals surface area contributed by atoms with Crippen LogP contribution in [-0.2, 0) is 22.4 Å². The van der Waals surface area contributed by atoms with Gasteiger partial charge >= 0.3 is 0 Å². The van der Waals surface area contributed by atoms with Crippen molar-refractivity contribution in [3.63, 3.8) is 0 Å². The van der Waals surface area contributed by atoms with Crippen LogP contribution in [0.1, 0.15) is 56.0 Å². The Kier molecular flexibility index (Phi) is 7.97. The van der Waals surface area contributed by atoms with Crippen LogP contribution in [0.15, 0.2) is 30.3 Å². The van der Waals surface area contributed by atoms with Gasteiger partial charge in [0.05, 0.1) is 18.2 Å². The largest absolute Gasteiger partial charge is 0.311 e. The summed E-state index contributed by atoms with van der Waals surface area (Å²) in [6, 6.07) is 11.3. The van der Waals surface area contributed by atoms with Gasteiger partial charge in [0.1, 0.15) is 0 Å². The van der Waals surface area contributed by atoms with E-state index in [1.54, 1.807) is 16.2 Å². The summed E-state index contributed by atoms with van der Waals surface area (Å²) < 4.78 is 0. The first kappa shape index (κ1) is 22.0. The van der Waals surface area contributed by atoms with E-state index < -0.39 is 0 Å².